The molecule has 0 aromatic carbocycles. The Hall–Kier alpha value is -1.27. The Morgan fingerprint density at radius 1 is 1.77 bits per heavy atom. The molecule has 6 heteroatoms. The van der Waals surface area contributed by atoms with E-state index in [2.05, 4.69) is 10.1 Å². The van der Waals surface area contributed by atoms with E-state index in [1.54, 1.807) is 12.6 Å². The zero-order valence-corrected chi connectivity index (χ0v) is 7.74. The van der Waals surface area contributed by atoms with Crippen molar-refractivity contribution in [1.82, 2.24) is 14.6 Å². The third-order valence-electron chi connectivity index (χ3n) is 1.65. The molecule has 0 saturated carbocycles. The summed E-state index contributed by atoms with van der Waals surface area (Å²) in [6.07, 6.45) is 0.744. The Kier molecular flexibility index (Phi) is 2.07. The Morgan fingerprint density at radius 2 is 2.62 bits per heavy atom. The fourth-order valence-electron chi connectivity index (χ4n) is 1.11. The van der Waals surface area contributed by atoms with E-state index in [0.29, 0.717) is 23.0 Å². The van der Waals surface area contributed by atoms with E-state index in [4.69, 9.17) is 4.74 Å². The van der Waals surface area contributed by atoms with Gasteiger partial charge >= 0.3 is 0 Å². The average molecular weight is 197 g/mol. The largest absolute Gasteiger partial charge is 0.378 e. The first-order valence-corrected chi connectivity index (χ1v) is 4.50. The van der Waals surface area contributed by atoms with Gasteiger partial charge in [-0.05, 0) is 0 Å². The maximum atomic E-state index is 10.7. The van der Waals surface area contributed by atoms with Crippen molar-refractivity contribution in [1.29, 1.82) is 0 Å². The molecule has 0 fully saturated rings. The second kappa shape index (κ2) is 3.23. The highest BCUT2D eigenvalue weighted by Gasteiger charge is 2.12. The van der Waals surface area contributed by atoms with E-state index in [9.17, 15) is 4.79 Å². The van der Waals surface area contributed by atoms with Crippen molar-refractivity contribution in [2.75, 3.05) is 7.11 Å². The molecule has 0 aliphatic rings. The van der Waals surface area contributed by atoms with Crippen LogP contribution in [-0.2, 0) is 11.3 Å². The summed E-state index contributed by atoms with van der Waals surface area (Å²) in [7, 11) is 1.56. The van der Waals surface area contributed by atoms with Crippen LogP contribution in [0.1, 0.15) is 16.2 Å². The van der Waals surface area contributed by atoms with Crippen molar-refractivity contribution in [2.45, 2.75) is 6.61 Å². The van der Waals surface area contributed by atoms with Crippen LogP contribution in [0.2, 0.25) is 0 Å². The van der Waals surface area contributed by atoms with Crippen molar-refractivity contribution in [2.24, 2.45) is 0 Å². The van der Waals surface area contributed by atoms with E-state index in [1.165, 1.54) is 15.9 Å². The first kappa shape index (κ1) is 8.33. The number of aromatic nitrogens is 3. The van der Waals surface area contributed by atoms with Crippen molar-refractivity contribution in [3.05, 3.63) is 16.9 Å². The molecule has 0 atom stereocenters. The Morgan fingerprint density at radius 3 is 3.31 bits per heavy atom. The quantitative estimate of drug-likeness (QED) is 0.681. The minimum Gasteiger partial charge on any atom is -0.378 e. The van der Waals surface area contributed by atoms with Gasteiger partial charge in [-0.2, -0.15) is 5.10 Å². The molecular weight excluding hydrogens is 190 g/mol. The lowest BCUT2D eigenvalue weighted by atomic mass is 10.3. The first-order chi connectivity index (χ1) is 6.36. The van der Waals surface area contributed by atoms with Gasteiger partial charge in [0.25, 0.3) is 0 Å². The molecule has 0 aliphatic carbocycles. The second-order valence-corrected chi connectivity index (χ2v) is 3.24. The van der Waals surface area contributed by atoms with Crippen LogP contribution in [0.3, 0.4) is 0 Å². The molecule has 0 bridgehead atoms. The van der Waals surface area contributed by atoms with Gasteiger partial charge in [-0.15, -0.1) is 0 Å². The van der Waals surface area contributed by atoms with Crippen LogP contribution in [0, 0.1) is 0 Å². The lowest BCUT2D eigenvalue weighted by molar-refractivity contribution is 0.111. The number of imidazole rings is 1. The highest BCUT2D eigenvalue weighted by molar-refractivity contribution is 7.14. The van der Waals surface area contributed by atoms with Crippen molar-refractivity contribution in [3.8, 4) is 0 Å². The third kappa shape index (κ3) is 1.24. The molecule has 0 unspecified atom stereocenters. The smallest absolute Gasteiger partial charge is 0.212 e. The SMILES string of the molecule is COCc1nc2scnn2c1C=O. The average Bonchev–Trinajstić information content (AvgIpc) is 2.64. The fourth-order valence-corrected chi connectivity index (χ4v) is 1.76. The van der Waals surface area contributed by atoms with Gasteiger partial charge in [0.1, 0.15) is 11.2 Å². The minimum atomic E-state index is 0.337. The van der Waals surface area contributed by atoms with E-state index in [0.717, 1.165) is 6.29 Å². The van der Waals surface area contributed by atoms with Gasteiger partial charge in [-0.3, -0.25) is 4.79 Å². The molecule has 2 aromatic heterocycles. The Bertz CT molecular complexity index is 434. The monoisotopic (exact) mass is 197 g/mol. The topological polar surface area (TPSA) is 56.5 Å². The zero-order valence-electron chi connectivity index (χ0n) is 6.93. The van der Waals surface area contributed by atoms with Crippen LogP contribution in [0.15, 0.2) is 5.51 Å². The standard InChI is InChI=1S/C7H7N3O2S/c1-12-3-5-6(2-11)10-7(9-5)13-4-8-10/h2,4H,3H2,1H3. The van der Waals surface area contributed by atoms with Gasteiger partial charge in [0.05, 0.1) is 12.3 Å². The molecule has 0 spiro atoms. The number of aldehydes is 1. The van der Waals surface area contributed by atoms with Crippen molar-refractivity contribution in [3.63, 3.8) is 0 Å². The summed E-state index contributed by atoms with van der Waals surface area (Å²) in [6, 6.07) is 0. The van der Waals surface area contributed by atoms with Crippen LogP contribution in [-0.4, -0.2) is 28.0 Å². The maximum Gasteiger partial charge on any atom is 0.212 e. The van der Waals surface area contributed by atoms with Crippen LogP contribution in [0.5, 0.6) is 0 Å². The van der Waals surface area contributed by atoms with Gasteiger partial charge < -0.3 is 4.74 Å². The van der Waals surface area contributed by atoms with Gasteiger partial charge in [0.2, 0.25) is 4.96 Å². The molecule has 0 N–H and O–H groups in total. The highest BCUT2D eigenvalue weighted by atomic mass is 32.1. The van der Waals surface area contributed by atoms with E-state index in [-0.39, 0.29) is 0 Å². The number of carbonyl (C=O) groups excluding carboxylic acids is 1. The summed E-state index contributed by atoms with van der Waals surface area (Å²) in [5, 5.41) is 3.98. The van der Waals surface area contributed by atoms with Gasteiger partial charge in [0.15, 0.2) is 6.29 Å². The molecular formula is C7H7N3O2S. The molecule has 2 rings (SSSR count). The number of rotatable bonds is 3. The Labute approximate surface area is 78.0 Å². The number of carbonyl (C=O) groups is 1. The molecule has 5 nitrogen and oxygen atoms in total. The second-order valence-electron chi connectivity index (χ2n) is 2.43. The predicted molar refractivity (Wildman–Crippen MR) is 47.0 cm³/mol. The van der Waals surface area contributed by atoms with Crippen molar-refractivity contribution >= 4 is 22.6 Å². The zero-order chi connectivity index (χ0) is 9.26. The summed E-state index contributed by atoms with van der Waals surface area (Å²) >= 11 is 1.39. The molecule has 0 amide bonds. The van der Waals surface area contributed by atoms with E-state index >= 15 is 0 Å². The van der Waals surface area contributed by atoms with Gasteiger partial charge in [-0.25, -0.2) is 9.50 Å². The number of hydrogen-bond acceptors (Lipinski definition) is 5. The van der Waals surface area contributed by atoms with Crippen LogP contribution >= 0.6 is 11.3 Å². The highest BCUT2D eigenvalue weighted by Crippen LogP contribution is 2.14. The lowest BCUT2D eigenvalue weighted by Crippen LogP contribution is -1.97. The third-order valence-corrected chi connectivity index (χ3v) is 2.32. The van der Waals surface area contributed by atoms with Gasteiger partial charge in [-0.1, -0.05) is 11.3 Å². The first-order valence-electron chi connectivity index (χ1n) is 3.62. The molecule has 68 valence electrons. The molecule has 2 heterocycles. The number of methoxy groups -OCH3 is 1. The van der Waals surface area contributed by atoms with Crippen LogP contribution in [0.25, 0.3) is 4.96 Å². The fraction of sp³-hybridized carbons (Fsp3) is 0.286. The molecule has 2 aromatic rings. The summed E-state index contributed by atoms with van der Waals surface area (Å²) in [4.78, 5) is 15.6. The van der Waals surface area contributed by atoms with Crippen LogP contribution < -0.4 is 0 Å². The van der Waals surface area contributed by atoms with Crippen molar-refractivity contribution < 1.29 is 9.53 Å². The summed E-state index contributed by atoms with van der Waals surface area (Å²) in [6.45, 7) is 0.337. The summed E-state index contributed by atoms with van der Waals surface area (Å²) in [5.74, 6) is 0. The summed E-state index contributed by atoms with van der Waals surface area (Å²) < 4.78 is 6.43. The molecule has 0 saturated heterocycles. The minimum absolute atomic E-state index is 0.337. The predicted octanol–water partition coefficient (Wildman–Crippen LogP) is 0.750. The van der Waals surface area contributed by atoms with Gasteiger partial charge in [0, 0.05) is 7.11 Å². The normalized spacial score (nSPS) is 10.8. The van der Waals surface area contributed by atoms with E-state index < -0.39 is 0 Å². The number of hydrogen-bond donors (Lipinski definition) is 0. The number of nitrogens with zero attached hydrogens (tertiary/aromatic N) is 3. The van der Waals surface area contributed by atoms with Crippen LogP contribution in [0.4, 0.5) is 0 Å². The Balaban J connectivity index is 2.60. The number of fused-ring (bicyclic) bond motifs is 1. The van der Waals surface area contributed by atoms with E-state index in [1.807, 2.05) is 0 Å². The lowest BCUT2D eigenvalue weighted by Gasteiger charge is -1.93. The molecule has 13 heavy (non-hydrogen) atoms. The number of ether oxygens (including phenoxy) is 1. The summed E-state index contributed by atoms with van der Waals surface area (Å²) in [5.41, 5.74) is 2.75. The maximum absolute atomic E-state index is 10.7. The molecule has 0 aliphatic heterocycles. The molecule has 0 radical (unpaired) electrons.